The summed E-state index contributed by atoms with van der Waals surface area (Å²) in [6.07, 6.45) is 0. The molecule has 0 N–H and O–H groups in total. The van der Waals surface area contributed by atoms with E-state index < -0.39 is 0 Å². The van der Waals surface area contributed by atoms with Crippen molar-refractivity contribution in [3.63, 3.8) is 0 Å². The van der Waals surface area contributed by atoms with Crippen molar-refractivity contribution in [2.45, 2.75) is 0 Å². The number of rotatable bonds is 1. The van der Waals surface area contributed by atoms with Gasteiger partial charge in [-0.25, -0.2) is 0 Å². The molecule has 0 saturated carbocycles. The Kier molecular flexibility index (Phi) is 3.57. The van der Waals surface area contributed by atoms with Crippen molar-refractivity contribution in [3.05, 3.63) is 34.9 Å². The second kappa shape index (κ2) is 4.48. The molecule has 0 atom stereocenters. The van der Waals surface area contributed by atoms with Crippen LogP contribution in [0.15, 0.2) is 24.3 Å². The van der Waals surface area contributed by atoms with Crippen LogP contribution in [0.4, 0.5) is 0 Å². The number of hydrogen-bond donors (Lipinski definition) is 0. The van der Waals surface area contributed by atoms with Gasteiger partial charge in [0.1, 0.15) is 0 Å². The maximum Gasteiger partial charge on any atom is 0.238 e. The number of carbonyl (C=O) groups excluding carboxylic acids is 1. The molecule has 1 aromatic carbocycles. The first-order valence-electron chi connectivity index (χ1n) is 3.16. The number of ketones is 1. The second-order valence-electron chi connectivity index (χ2n) is 2.03. The van der Waals surface area contributed by atoms with Crippen LogP contribution in [0.25, 0.3) is 0 Å². The highest BCUT2D eigenvalue weighted by atomic mass is 127. The molecule has 0 amide bonds. The SMILES string of the molecule is O=C(C#CI)c1ccccc1Cl. The lowest BCUT2D eigenvalue weighted by atomic mass is 10.1. The topological polar surface area (TPSA) is 17.1 Å². The Balaban J connectivity index is 3.08. The van der Waals surface area contributed by atoms with Gasteiger partial charge in [0.15, 0.2) is 0 Å². The van der Waals surface area contributed by atoms with Gasteiger partial charge in [0.05, 0.1) is 5.02 Å². The predicted molar refractivity (Wildman–Crippen MR) is 57.6 cm³/mol. The fraction of sp³-hybridized carbons (Fsp3) is 0. The third-order valence-electron chi connectivity index (χ3n) is 1.28. The minimum absolute atomic E-state index is 0.241. The van der Waals surface area contributed by atoms with Crippen LogP contribution < -0.4 is 0 Å². The maximum absolute atomic E-state index is 11.2. The Morgan fingerprint density at radius 1 is 1.42 bits per heavy atom. The van der Waals surface area contributed by atoms with Crippen LogP contribution in [0.2, 0.25) is 5.02 Å². The number of hydrogen-bond acceptors (Lipinski definition) is 1. The first-order chi connectivity index (χ1) is 5.75. The predicted octanol–water partition coefficient (Wildman–Crippen LogP) is 2.92. The zero-order valence-corrected chi connectivity index (χ0v) is 8.89. The fourth-order valence-electron chi connectivity index (χ4n) is 0.756. The van der Waals surface area contributed by atoms with E-state index >= 15 is 0 Å². The smallest absolute Gasteiger partial charge is 0.238 e. The van der Waals surface area contributed by atoms with E-state index in [0.717, 1.165) is 0 Å². The number of carbonyl (C=O) groups is 1. The third kappa shape index (κ3) is 2.23. The van der Waals surface area contributed by atoms with Crippen LogP contribution in [0.1, 0.15) is 10.4 Å². The lowest BCUT2D eigenvalue weighted by molar-refractivity contribution is 0.105. The lowest BCUT2D eigenvalue weighted by Crippen LogP contribution is -1.94. The molecule has 0 spiro atoms. The molecular weight excluding hydrogens is 286 g/mol. The first kappa shape index (κ1) is 9.56. The molecule has 0 unspecified atom stereocenters. The molecule has 0 fully saturated rings. The second-order valence-corrected chi connectivity index (χ2v) is 2.98. The maximum atomic E-state index is 11.2. The van der Waals surface area contributed by atoms with Crippen LogP contribution in [-0.4, -0.2) is 5.78 Å². The Labute approximate surface area is 89.3 Å². The van der Waals surface area contributed by atoms with Gasteiger partial charge in [-0.15, -0.1) is 0 Å². The summed E-state index contributed by atoms with van der Waals surface area (Å²) in [6.45, 7) is 0. The highest BCUT2D eigenvalue weighted by molar-refractivity contribution is 14.1. The molecule has 1 rings (SSSR count). The summed E-state index contributed by atoms with van der Waals surface area (Å²) in [5.41, 5.74) is 0.461. The molecule has 0 bridgehead atoms. The summed E-state index contributed by atoms with van der Waals surface area (Å²) in [6, 6.07) is 6.86. The van der Waals surface area contributed by atoms with E-state index in [1.807, 2.05) is 22.6 Å². The molecule has 12 heavy (non-hydrogen) atoms. The van der Waals surface area contributed by atoms with Crippen molar-refractivity contribution in [3.8, 4) is 9.85 Å². The van der Waals surface area contributed by atoms with Gasteiger partial charge in [-0.1, -0.05) is 23.7 Å². The average molecular weight is 290 g/mol. The van der Waals surface area contributed by atoms with Crippen molar-refractivity contribution in [1.29, 1.82) is 0 Å². The van der Waals surface area contributed by atoms with Gasteiger partial charge >= 0.3 is 0 Å². The third-order valence-corrected chi connectivity index (χ3v) is 1.88. The molecule has 0 heterocycles. The van der Waals surface area contributed by atoms with Gasteiger partial charge in [-0.2, -0.15) is 0 Å². The van der Waals surface area contributed by atoms with E-state index in [1.165, 1.54) is 0 Å². The Bertz CT molecular complexity index is 362. The molecule has 0 aliphatic heterocycles. The Morgan fingerprint density at radius 2 is 2.08 bits per heavy atom. The quantitative estimate of drug-likeness (QED) is 0.441. The monoisotopic (exact) mass is 290 g/mol. The zero-order chi connectivity index (χ0) is 8.97. The average Bonchev–Trinajstić information content (AvgIpc) is 2.05. The van der Waals surface area contributed by atoms with E-state index in [2.05, 4.69) is 9.85 Å². The van der Waals surface area contributed by atoms with Crippen molar-refractivity contribution in [2.75, 3.05) is 0 Å². The van der Waals surface area contributed by atoms with E-state index in [9.17, 15) is 4.79 Å². The molecule has 0 radical (unpaired) electrons. The molecule has 3 heteroatoms. The standard InChI is InChI=1S/C9H4ClIO/c10-8-4-2-1-3-7(8)9(12)5-6-11/h1-4H. The summed E-state index contributed by atoms with van der Waals surface area (Å²) >= 11 is 7.58. The number of benzene rings is 1. The molecule has 0 saturated heterocycles. The molecular formula is C9H4ClIO. The van der Waals surface area contributed by atoms with Gasteiger partial charge in [0, 0.05) is 28.2 Å². The summed E-state index contributed by atoms with van der Waals surface area (Å²) in [5.74, 6) is 2.18. The van der Waals surface area contributed by atoms with E-state index in [0.29, 0.717) is 10.6 Å². The summed E-state index contributed by atoms with van der Waals surface area (Å²) in [5, 5.41) is 0.446. The van der Waals surface area contributed by atoms with Crippen LogP contribution >= 0.6 is 34.2 Å². The van der Waals surface area contributed by atoms with Gasteiger partial charge < -0.3 is 0 Å². The molecule has 0 aliphatic carbocycles. The molecule has 1 aromatic rings. The molecule has 0 aromatic heterocycles. The van der Waals surface area contributed by atoms with Gasteiger partial charge in [-0.05, 0) is 22.0 Å². The first-order valence-corrected chi connectivity index (χ1v) is 4.62. The van der Waals surface area contributed by atoms with Crippen molar-refractivity contribution in [1.82, 2.24) is 0 Å². The molecule has 1 nitrogen and oxygen atoms in total. The van der Waals surface area contributed by atoms with E-state index in [4.69, 9.17) is 11.6 Å². The van der Waals surface area contributed by atoms with Crippen molar-refractivity contribution < 1.29 is 4.79 Å². The van der Waals surface area contributed by atoms with E-state index in [1.54, 1.807) is 24.3 Å². The van der Waals surface area contributed by atoms with Crippen LogP contribution in [-0.2, 0) is 0 Å². The zero-order valence-electron chi connectivity index (χ0n) is 5.97. The highest BCUT2D eigenvalue weighted by Gasteiger charge is 2.05. The number of Topliss-reactive ketones (excluding diaryl/α,β-unsaturated/α-hetero) is 1. The minimum Gasteiger partial charge on any atom is -0.279 e. The van der Waals surface area contributed by atoms with Crippen molar-refractivity contribution >= 4 is 40.0 Å². The summed E-state index contributed by atoms with van der Waals surface area (Å²) in [7, 11) is 0. The summed E-state index contributed by atoms with van der Waals surface area (Å²) < 4.78 is 2.50. The van der Waals surface area contributed by atoms with Gasteiger partial charge in [-0.3, -0.25) is 4.79 Å². The van der Waals surface area contributed by atoms with Crippen LogP contribution in [0.3, 0.4) is 0 Å². The van der Waals surface area contributed by atoms with Crippen LogP contribution in [0.5, 0.6) is 0 Å². The normalized spacial score (nSPS) is 8.50. The van der Waals surface area contributed by atoms with Gasteiger partial charge in [0.2, 0.25) is 5.78 Å². The van der Waals surface area contributed by atoms with Crippen LogP contribution in [0, 0.1) is 9.85 Å². The fourth-order valence-corrected chi connectivity index (χ4v) is 1.22. The lowest BCUT2D eigenvalue weighted by Gasteiger charge is -1.95. The van der Waals surface area contributed by atoms with Crippen molar-refractivity contribution in [2.24, 2.45) is 0 Å². The number of halogens is 2. The van der Waals surface area contributed by atoms with Gasteiger partial charge in [0.25, 0.3) is 0 Å². The summed E-state index contributed by atoms with van der Waals surface area (Å²) in [4.78, 5) is 11.2. The Hall–Kier alpha value is -0.530. The minimum atomic E-state index is -0.241. The Morgan fingerprint density at radius 3 is 2.67 bits per heavy atom. The molecule has 0 aliphatic rings. The highest BCUT2D eigenvalue weighted by Crippen LogP contribution is 2.14. The largest absolute Gasteiger partial charge is 0.279 e. The molecule has 60 valence electrons. The van der Waals surface area contributed by atoms with E-state index in [-0.39, 0.29) is 5.78 Å².